The van der Waals surface area contributed by atoms with Crippen LogP contribution in [0.5, 0.6) is 0 Å². The molecule has 0 saturated heterocycles. The number of hydrogen-bond acceptors (Lipinski definition) is 5. The number of carboxylic acid groups (broad SMARTS) is 2. The van der Waals surface area contributed by atoms with Crippen molar-refractivity contribution < 1.29 is 24.6 Å². The largest absolute Gasteiger partial charge is 0.480 e. The molecule has 0 aromatic carbocycles. The van der Waals surface area contributed by atoms with Crippen LogP contribution in [0.2, 0.25) is 0 Å². The summed E-state index contributed by atoms with van der Waals surface area (Å²) in [6, 6.07) is -2.07. The number of aliphatic carboxylic acids is 2. The van der Waals surface area contributed by atoms with Gasteiger partial charge in [0, 0.05) is 12.2 Å². The summed E-state index contributed by atoms with van der Waals surface area (Å²) in [5.74, 6) is -2.55. The van der Waals surface area contributed by atoms with Gasteiger partial charge in [0.25, 0.3) is 0 Å². The highest BCUT2D eigenvalue weighted by Gasteiger charge is 2.20. The van der Waals surface area contributed by atoms with Gasteiger partial charge < -0.3 is 21.3 Å². The van der Waals surface area contributed by atoms with Crippen LogP contribution in [-0.4, -0.2) is 52.2 Å². The summed E-state index contributed by atoms with van der Waals surface area (Å²) in [5, 5.41) is 19.6. The minimum atomic E-state index is -1.18. The van der Waals surface area contributed by atoms with Crippen molar-refractivity contribution >= 4 is 29.6 Å². The Morgan fingerprint density at radius 3 is 2.29 bits per heavy atom. The molecule has 0 saturated carbocycles. The Hall–Kier alpha value is -1.28. The van der Waals surface area contributed by atoms with Gasteiger partial charge in [-0.25, -0.2) is 4.79 Å². The van der Waals surface area contributed by atoms with Crippen LogP contribution in [0.25, 0.3) is 0 Å². The number of nitrogens with one attached hydrogen (secondary N) is 1. The van der Waals surface area contributed by atoms with Gasteiger partial charge in [-0.1, -0.05) is 0 Å². The average Bonchev–Trinajstić information content (AvgIpc) is 2.24. The van der Waals surface area contributed by atoms with Gasteiger partial charge in [0.05, 0.1) is 0 Å². The van der Waals surface area contributed by atoms with E-state index in [1.54, 1.807) is 6.26 Å². The van der Waals surface area contributed by atoms with Crippen molar-refractivity contribution in [3.8, 4) is 0 Å². The van der Waals surface area contributed by atoms with Crippen LogP contribution in [0.4, 0.5) is 0 Å². The number of carboxylic acids is 2. The second kappa shape index (κ2) is 7.91. The fraction of sp³-hybridized carbons (Fsp3) is 0.667. The third kappa shape index (κ3) is 6.80. The molecule has 0 aliphatic carbocycles. The Morgan fingerprint density at radius 2 is 1.88 bits per heavy atom. The zero-order chi connectivity index (χ0) is 13.4. The molecule has 0 bridgehead atoms. The third-order valence-corrected chi connectivity index (χ3v) is 2.63. The van der Waals surface area contributed by atoms with Crippen LogP contribution >= 0.6 is 11.8 Å². The van der Waals surface area contributed by atoms with Crippen molar-refractivity contribution in [2.24, 2.45) is 5.73 Å². The monoisotopic (exact) mass is 264 g/mol. The minimum Gasteiger partial charge on any atom is -0.480 e. The number of rotatable bonds is 8. The molecule has 0 aromatic heterocycles. The molecular weight excluding hydrogens is 248 g/mol. The van der Waals surface area contributed by atoms with Crippen LogP contribution < -0.4 is 11.1 Å². The third-order valence-electron chi connectivity index (χ3n) is 1.97. The normalized spacial score (nSPS) is 13.8. The van der Waals surface area contributed by atoms with Gasteiger partial charge in [-0.3, -0.25) is 9.59 Å². The zero-order valence-corrected chi connectivity index (χ0v) is 10.2. The van der Waals surface area contributed by atoms with Crippen LogP contribution in [0.15, 0.2) is 0 Å². The highest BCUT2D eigenvalue weighted by Crippen LogP contribution is 2.00. The number of carbonyl (C=O) groups is 3. The Balaban J connectivity index is 4.06. The van der Waals surface area contributed by atoms with Gasteiger partial charge in [0.2, 0.25) is 5.91 Å². The van der Waals surface area contributed by atoms with E-state index in [9.17, 15) is 14.4 Å². The molecule has 1 amide bonds. The van der Waals surface area contributed by atoms with Gasteiger partial charge in [-0.15, -0.1) is 0 Å². The summed E-state index contributed by atoms with van der Waals surface area (Å²) in [5.41, 5.74) is 5.21. The molecule has 0 heterocycles. The summed E-state index contributed by atoms with van der Waals surface area (Å²) < 4.78 is 0. The predicted molar refractivity (Wildman–Crippen MR) is 62.8 cm³/mol. The highest BCUT2D eigenvalue weighted by atomic mass is 32.2. The summed E-state index contributed by atoms with van der Waals surface area (Å²) in [6.45, 7) is 0. The van der Waals surface area contributed by atoms with Crippen LogP contribution in [0.1, 0.15) is 12.8 Å². The molecule has 0 aromatic rings. The van der Waals surface area contributed by atoms with Gasteiger partial charge >= 0.3 is 11.9 Å². The lowest BCUT2D eigenvalue weighted by Gasteiger charge is -2.13. The first kappa shape index (κ1) is 15.7. The molecule has 0 aliphatic rings. The van der Waals surface area contributed by atoms with E-state index in [2.05, 4.69) is 5.32 Å². The molecule has 0 spiro atoms. The van der Waals surface area contributed by atoms with Crippen molar-refractivity contribution in [1.82, 2.24) is 5.32 Å². The van der Waals surface area contributed by atoms with Crippen molar-refractivity contribution in [2.75, 3.05) is 12.0 Å². The average molecular weight is 264 g/mol. The number of carbonyl (C=O) groups excluding carboxylic acids is 1. The predicted octanol–water partition coefficient (Wildman–Crippen LogP) is -0.889. The van der Waals surface area contributed by atoms with Crippen molar-refractivity contribution in [3.05, 3.63) is 0 Å². The summed E-state index contributed by atoms with van der Waals surface area (Å²) in [6.07, 6.45) is 1.60. The molecule has 5 N–H and O–H groups in total. The molecule has 0 rings (SSSR count). The maximum Gasteiger partial charge on any atom is 0.327 e. The molecule has 0 fully saturated rings. The fourth-order valence-corrected chi connectivity index (χ4v) is 1.58. The number of hydrogen-bond donors (Lipinski definition) is 4. The van der Waals surface area contributed by atoms with Crippen LogP contribution in [-0.2, 0) is 14.4 Å². The van der Waals surface area contributed by atoms with Crippen LogP contribution in [0, 0.1) is 0 Å². The molecule has 0 aliphatic heterocycles. The smallest absolute Gasteiger partial charge is 0.327 e. The molecule has 0 radical (unpaired) electrons. The lowest BCUT2D eigenvalue weighted by Crippen LogP contribution is -2.43. The minimum absolute atomic E-state index is 0.0211. The van der Waals surface area contributed by atoms with E-state index < -0.39 is 29.9 Å². The van der Waals surface area contributed by atoms with E-state index in [1.165, 1.54) is 11.8 Å². The first-order chi connectivity index (χ1) is 7.88. The van der Waals surface area contributed by atoms with Gasteiger partial charge in [0.1, 0.15) is 12.1 Å². The molecule has 7 nitrogen and oxygen atoms in total. The van der Waals surface area contributed by atoms with Gasteiger partial charge in [-0.2, -0.15) is 11.8 Å². The van der Waals surface area contributed by atoms with Crippen molar-refractivity contribution in [3.63, 3.8) is 0 Å². The SMILES string of the molecule is CSC[C@@H](NC(=O)CC[C@H](N)C(=O)O)C(=O)O. The van der Waals surface area contributed by atoms with E-state index in [-0.39, 0.29) is 18.6 Å². The maximum atomic E-state index is 11.3. The molecule has 8 heteroatoms. The van der Waals surface area contributed by atoms with E-state index in [4.69, 9.17) is 15.9 Å². The lowest BCUT2D eigenvalue weighted by molar-refractivity contribution is -0.141. The van der Waals surface area contributed by atoms with E-state index in [0.717, 1.165) is 0 Å². The topological polar surface area (TPSA) is 130 Å². The van der Waals surface area contributed by atoms with E-state index in [1.807, 2.05) is 0 Å². The Labute approximate surface area is 103 Å². The van der Waals surface area contributed by atoms with Crippen molar-refractivity contribution in [2.45, 2.75) is 24.9 Å². The zero-order valence-electron chi connectivity index (χ0n) is 9.38. The molecule has 17 heavy (non-hydrogen) atoms. The standard InChI is InChI=1S/C9H16N2O5S/c1-17-4-6(9(15)16)11-7(12)3-2-5(10)8(13)14/h5-6H,2-4,10H2,1H3,(H,11,12)(H,13,14)(H,15,16)/t5-,6+/m0/s1. The number of thioether (sulfide) groups is 1. The van der Waals surface area contributed by atoms with Gasteiger partial charge in [-0.05, 0) is 12.7 Å². The Kier molecular flexibility index (Phi) is 7.31. The van der Waals surface area contributed by atoms with E-state index >= 15 is 0 Å². The van der Waals surface area contributed by atoms with Crippen LogP contribution in [0.3, 0.4) is 0 Å². The highest BCUT2D eigenvalue weighted by molar-refractivity contribution is 7.98. The molecule has 0 unspecified atom stereocenters. The fourth-order valence-electron chi connectivity index (χ4n) is 1.02. The van der Waals surface area contributed by atoms with Crippen molar-refractivity contribution in [1.29, 1.82) is 0 Å². The Morgan fingerprint density at radius 1 is 1.29 bits per heavy atom. The first-order valence-corrected chi connectivity index (χ1v) is 6.27. The molecule has 98 valence electrons. The Bertz CT molecular complexity index is 297. The maximum absolute atomic E-state index is 11.3. The summed E-state index contributed by atoms with van der Waals surface area (Å²) in [7, 11) is 0. The van der Waals surface area contributed by atoms with Gasteiger partial charge in [0.15, 0.2) is 0 Å². The second-order valence-electron chi connectivity index (χ2n) is 3.40. The second-order valence-corrected chi connectivity index (χ2v) is 4.31. The first-order valence-electron chi connectivity index (χ1n) is 4.88. The molecule has 2 atom stereocenters. The number of amides is 1. The number of nitrogens with two attached hydrogens (primary N) is 1. The quantitative estimate of drug-likeness (QED) is 0.447. The summed E-state index contributed by atoms with van der Waals surface area (Å²) >= 11 is 1.29. The molecular formula is C9H16N2O5S. The van der Waals surface area contributed by atoms with E-state index in [0.29, 0.717) is 0 Å². The summed E-state index contributed by atoms with van der Waals surface area (Å²) in [4.78, 5) is 32.4. The lowest BCUT2D eigenvalue weighted by atomic mass is 10.1.